The van der Waals surface area contributed by atoms with E-state index in [0.29, 0.717) is 10.8 Å². The first-order valence-electron chi connectivity index (χ1n) is 7.34. The van der Waals surface area contributed by atoms with Crippen LogP contribution in [-0.2, 0) is 0 Å². The van der Waals surface area contributed by atoms with Crippen LogP contribution >= 0.6 is 11.8 Å². The lowest BCUT2D eigenvalue weighted by atomic mass is 9.84. The van der Waals surface area contributed by atoms with E-state index >= 15 is 0 Å². The lowest BCUT2D eigenvalue weighted by Gasteiger charge is -2.41. The van der Waals surface area contributed by atoms with Crippen LogP contribution < -0.4 is 5.32 Å². The van der Waals surface area contributed by atoms with Gasteiger partial charge >= 0.3 is 0 Å². The highest BCUT2D eigenvalue weighted by Gasteiger charge is 2.36. The summed E-state index contributed by atoms with van der Waals surface area (Å²) >= 11 is 2.04. The molecule has 1 unspecified atom stereocenters. The zero-order valence-electron chi connectivity index (χ0n) is 13.0. The SMILES string of the molecule is CSC1(CNC(C)c2cc(C)c(C)cc2C)CCC1. The Morgan fingerprint density at radius 3 is 2.32 bits per heavy atom. The Kier molecular flexibility index (Phi) is 4.62. The van der Waals surface area contributed by atoms with Crippen molar-refractivity contribution in [1.29, 1.82) is 0 Å². The molecule has 0 aromatic heterocycles. The third-order valence-corrected chi connectivity index (χ3v) is 6.20. The molecule has 19 heavy (non-hydrogen) atoms. The summed E-state index contributed by atoms with van der Waals surface area (Å²) in [5.41, 5.74) is 5.67. The van der Waals surface area contributed by atoms with Crippen molar-refractivity contribution < 1.29 is 0 Å². The largest absolute Gasteiger partial charge is 0.309 e. The Morgan fingerprint density at radius 1 is 1.16 bits per heavy atom. The van der Waals surface area contributed by atoms with Gasteiger partial charge in [-0.05, 0) is 69.0 Å². The molecule has 0 spiro atoms. The fourth-order valence-electron chi connectivity index (χ4n) is 2.92. The van der Waals surface area contributed by atoms with Crippen molar-refractivity contribution in [1.82, 2.24) is 5.32 Å². The standard InChI is InChI=1S/C17H27NS/c1-12-9-14(3)16(10-13(12)2)15(4)18-11-17(19-5)7-6-8-17/h9-10,15,18H,6-8,11H2,1-5H3. The average Bonchev–Trinajstić information content (AvgIpc) is 2.32. The van der Waals surface area contributed by atoms with E-state index in [9.17, 15) is 0 Å². The Hall–Kier alpha value is -0.470. The van der Waals surface area contributed by atoms with Crippen LogP contribution in [0.5, 0.6) is 0 Å². The molecule has 0 bridgehead atoms. The van der Waals surface area contributed by atoms with Crippen molar-refractivity contribution in [2.45, 2.75) is 57.7 Å². The Morgan fingerprint density at radius 2 is 1.79 bits per heavy atom. The summed E-state index contributed by atoms with van der Waals surface area (Å²) in [5, 5.41) is 3.76. The van der Waals surface area contributed by atoms with E-state index in [1.54, 1.807) is 0 Å². The number of thioether (sulfide) groups is 1. The molecule has 0 heterocycles. The van der Waals surface area contributed by atoms with Crippen LogP contribution in [0.15, 0.2) is 12.1 Å². The summed E-state index contributed by atoms with van der Waals surface area (Å²) < 4.78 is 0.516. The van der Waals surface area contributed by atoms with Crippen molar-refractivity contribution in [3.05, 3.63) is 34.4 Å². The van der Waals surface area contributed by atoms with E-state index in [0.717, 1.165) is 6.54 Å². The zero-order chi connectivity index (χ0) is 14.0. The summed E-state index contributed by atoms with van der Waals surface area (Å²) in [6.45, 7) is 10.1. The number of benzene rings is 1. The average molecular weight is 277 g/mol. The third-order valence-electron chi connectivity index (χ3n) is 4.78. The highest BCUT2D eigenvalue weighted by Crippen LogP contribution is 2.42. The van der Waals surface area contributed by atoms with Crippen LogP contribution in [0, 0.1) is 20.8 Å². The normalized spacial score (nSPS) is 19.0. The summed E-state index contributed by atoms with van der Waals surface area (Å²) in [6.07, 6.45) is 6.41. The van der Waals surface area contributed by atoms with E-state index in [1.165, 1.54) is 41.5 Å². The summed E-state index contributed by atoms with van der Waals surface area (Å²) in [4.78, 5) is 0. The monoisotopic (exact) mass is 277 g/mol. The van der Waals surface area contributed by atoms with E-state index < -0.39 is 0 Å². The predicted molar refractivity (Wildman–Crippen MR) is 87.2 cm³/mol. The van der Waals surface area contributed by atoms with Gasteiger partial charge in [-0.2, -0.15) is 11.8 Å². The van der Waals surface area contributed by atoms with Gasteiger partial charge in [-0.1, -0.05) is 18.6 Å². The number of aryl methyl sites for hydroxylation is 3. The molecule has 1 saturated carbocycles. The smallest absolute Gasteiger partial charge is 0.0295 e. The summed E-state index contributed by atoms with van der Waals surface area (Å²) in [6, 6.07) is 5.12. The second-order valence-corrected chi connectivity index (χ2v) is 7.41. The maximum absolute atomic E-state index is 3.76. The van der Waals surface area contributed by atoms with Gasteiger partial charge in [-0.3, -0.25) is 0 Å². The van der Waals surface area contributed by atoms with Gasteiger partial charge in [0.25, 0.3) is 0 Å². The van der Waals surface area contributed by atoms with Gasteiger partial charge in [0.1, 0.15) is 0 Å². The first-order chi connectivity index (χ1) is 8.97. The molecular formula is C17H27NS. The Labute approximate surface area is 122 Å². The van der Waals surface area contributed by atoms with Crippen molar-refractivity contribution in [3.63, 3.8) is 0 Å². The minimum Gasteiger partial charge on any atom is -0.309 e. The van der Waals surface area contributed by atoms with Gasteiger partial charge in [0.2, 0.25) is 0 Å². The van der Waals surface area contributed by atoms with Crippen LogP contribution in [0.2, 0.25) is 0 Å². The molecule has 1 fully saturated rings. The van der Waals surface area contributed by atoms with Crippen molar-refractivity contribution in [3.8, 4) is 0 Å². The topological polar surface area (TPSA) is 12.0 Å². The van der Waals surface area contributed by atoms with E-state index in [4.69, 9.17) is 0 Å². The molecule has 0 amide bonds. The molecule has 0 aliphatic heterocycles. The van der Waals surface area contributed by atoms with Crippen molar-refractivity contribution in [2.75, 3.05) is 12.8 Å². The molecule has 1 aliphatic rings. The molecule has 1 atom stereocenters. The molecule has 1 nitrogen and oxygen atoms in total. The minimum atomic E-state index is 0.448. The van der Waals surface area contributed by atoms with Crippen LogP contribution in [0.4, 0.5) is 0 Å². The molecule has 1 aliphatic carbocycles. The van der Waals surface area contributed by atoms with Crippen LogP contribution in [0.1, 0.15) is 54.5 Å². The van der Waals surface area contributed by atoms with E-state index in [1.807, 2.05) is 11.8 Å². The number of rotatable bonds is 5. The first-order valence-corrected chi connectivity index (χ1v) is 8.56. The molecule has 2 heteroatoms. The van der Waals surface area contributed by atoms with Gasteiger partial charge in [0.15, 0.2) is 0 Å². The fourth-order valence-corrected chi connectivity index (χ4v) is 3.85. The summed E-state index contributed by atoms with van der Waals surface area (Å²) in [5.74, 6) is 0. The lowest BCUT2D eigenvalue weighted by molar-refractivity contribution is 0.334. The number of hydrogen-bond donors (Lipinski definition) is 1. The zero-order valence-corrected chi connectivity index (χ0v) is 13.8. The fraction of sp³-hybridized carbons (Fsp3) is 0.647. The van der Waals surface area contributed by atoms with E-state index in [2.05, 4.69) is 51.4 Å². The maximum Gasteiger partial charge on any atom is 0.0295 e. The van der Waals surface area contributed by atoms with Crippen LogP contribution in [0.25, 0.3) is 0 Å². The lowest BCUT2D eigenvalue weighted by Crippen LogP contribution is -2.44. The first kappa shape index (κ1) is 14.9. The second-order valence-electron chi connectivity index (χ2n) is 6.14. The van der Waals surface area contributed by atoms with Gasteiger partial charge in [0, 0.05) is 17.3 Å². The van der Waals surface area contributed by atoms with Gasteiger partial charge in [-0.15, -0.1) is 0 Å². The molecule has 1 aromatic rings. The van der Waals surface area contributed by atoms with Crippen molar-refractivity contribution in [2.24, 2.45) is 0 Å². The van der Waals surface area contributed by atoms with Crippen LogP contribution in [0.3, 0.4) is 0 Å². The Bertz CT molecular complexity index is 443. The number of hydrogen-bond acceptors (Lipinski definition) is 2. The van der Waals surface area contributed by atoms with Gasteiger partial charge in [-0.25, -0.2) is 0 Å². The van der Waals surface area contributed by atoms with Crippen molar-refractivity contribution >= 4 is 11.8 Å². The molecular weight excluding hydrogens is 250 g/mol. The molecule has 106 valence electrons. The third kappa shape index (κ3) is 3.17. The highest BCUT2D eigenvalue weighted by molar-refractivity contribution is 8.00. The summed E-state index contributed by atoms with van der Waals surface area (Å²) in [7, 11) is 0. The quantitative estimate of drug-likeness (QED) is 0.847. The molecule has 0 radical (unpaired) electrons. The Balaban J connectivity index is 2.03. The van der Waals surface area contributed by atoms with E-state index in [-0.39, 0.29) is 0 Å². The molecule has 1 aromatic carbocycles. The maximum atomic E-state index is 3.76. The minimum absolute atomic E-state index is 0.448. The molecule has 1 N–H and O–H groups in total. The van der Waals surface area contributed by atoms with Crippen LogP contribution in [-0.4, -0.2) is 17.5 Å². The van der Waals surface area contributed by atoms with Gasteiger partial charge in [0.05, 0.1) is 0 Å². The predicted octanol–water partition coefficient (Wildman–Crippen LogP) is 4.55. The number of nitrogens with one attached hydrogen (secondary N) is 1. The second kappa shape index (κ2) is 5.88. The van der Waals surface area contributed by atoms with Gasteiger partial charge < -0.3 is 5.32 Å². The highest BCUT2D eigenvalue weighted by atomic mass is 32.2. The molecule has 2 rings (SSSR count). The molecule has 0 saturated heterocycles.